The zero-order valence-corrected chi connectivity index (χ0v) is 8.77. The van der Waals surface area contributed by atoms with Gasteiger partial charge in [-0.15, -0.1) is 0 Å². The number of carbonyl (C=O) groups is 2. The second kappa shape index (κ2) is 5.01. The Balaban J connectivity index is 2.60. The van der Waals surface area contributed by atoms with E-state index in [1.165, 1.54) is 6.92 Å². The fourth-order valence-corrected chi connectivity index (χ4v) is 1.07. The number of ether oxygens (including phenoxy) is 1. The number of hydrogen-bond donors (Lipinski definition) is 3. The van der Waals surface area contributed by atoms with Gasteiger partial charge in [0.25, 0.3) is 5.91 Å². The number of carbonyl (C=O) groups excluding carboxylic acids is 2. The molecule has 6 nitrogen and oxygen atoms in total. The van der Waals surface area contributed by atoms with Crippen LogP contribution in [0.4, 0.5) is 10.5 Å². The Kier molecular flexibility index (Phi) is 3.71. The van der Waals surface area contributed by atoms with Crippen LogP contribution in [0, 0.1) is 0 Å². The lowest BCUT2D eigenvalue weighted by Crippen LogP contribution is -2.42. The van der Waals surface area contributed by atoms with E-state index in [0.29, 0.717) is 11.4 Å². The number of rotatable bonds is 3. The van der Waals surface area contributed by atoms with E-state index in [2.05, 4.69) is 0 Å². The number of primary amides is 1. The first-order valence-corrected chi connectivity index (χ1v) is 4.61. The summed E-state index contributed by atoms with van der Waals surface area (Å²) in [5, 5.41) is 1.92. The fraction of sp³-hybridized carbons (Fsp3) is 0.200. The molecule has 0 fully saturated rings. The molecule has 0 bridgehead atoms. The molecule has 0 heterocycles. The maximum absolute atomic E-state index is 11.3. The Hall–Kier alpha value is -2.24. The minimum absolute atomic E-state index is 0.451. The van der Waals surface area contributed by atoms with Gasteiger partial charge in [0.2, 0.25) is 0 Å². The molecule has 0 saturated heterocycles. The van der Waals surface area contributed by atoms with Gasteiger partial charge in [-0.3, -0.25) is 10.1 Å². The summed E-state index contributed by atoms with van der Waals surface area (Å²) in [6, 6.07) is 5.72. The van der Waals surface area contributed by atoms with Crippen LogP contribution in [0.5, 0.6) is 5.75 Å². The molecular weight excluding hydrogens is 210 g/mol. The second-order valence-corrected chi connectivity index (χ2v) is 3.19. The molecule has 0 aliphatic rings. The highest BCUT2D eigenvalue weighted by molar-refractivity contribution is 5.95. The van der Waals surface area contributed by atoms with Gasteiger partial charge in [0.15, 0.2) is 6.10 Å². The number of benzene rings is 1. The summed E-state index contributed by atoms with van der Waals surface area (Å²) < 4.78 is 5.26. The molecule has 5 N–H and O–H groups in total. The number of imide groups is 1. The molecule has 1 aromatic rings. The Bertz CT molecular complexity index is 406. The summed E-state index contributed by atoms with van der Waals surface area (Å²) >= 11 is 0. The SMILES string of the molecule is CC(Oc1cccc(N)c1)C(=O)NC(N)=O. The Labute approximate surface area is 92.6 Å². The summed E-state index contributed by atoms with van der Waals surface area (Å²) in [5.74, 6) is -0.151. The minimum Gasteiger partial charge on any atom is -0.481 e. The lowest BCUT2D eigenvalue weighted by Gasteiger charge is -2.13. The first-order valence-electron chi connectivity index (χ1n) is 4.61. The highest BCUT2D eigenvalue weighted by atomic mass is 16.5. The lowest BCUT2D eigenvalue weighted by molar-refractivity contribution is -0.126. The number of nitrogen functional groups attached to an aromatic ring is 1. The van der Waals surface area contributed by atoms with E-state index in [4.69, 9.17) is 16.2 Å². The van der Waals surface area contributed by atoms with Gasteiger partial charge in [-0.2, -0.15) is 0 Å². The molecule has 6 heteroatoms. The monoisotopic (exact) mass is 223 g/mol. The molecular formula is C10H13N3O3. The molecule has 1 aromatic carbocycles. The van der Waals surface area contributed by atoms with Crippen LogP contribution in [0.2, 0.25) is 0 Å². The van der Waals surface area contributed by atoms with Gasteiger partial charge in [0, 0.05) is 11.8 Å². The van der Waals surface area contributed by atoms with Crippen LogP contribution in [-0.4, -0.2) is 18.0 Å². The van der Waals surface area contributed by atoms with Gasteiger partial charge in [-0.25, -0.2) is 4.79 Å². The fourth-order valence-electron chi connectivity index (χ4n) is 1.07. The average molecular weight is 223 g/mol. The summed E-state index contributed by atoms with van der Waals surface area (Å²) in [5.41, 5.74) is 10.9. The molecule has 0 aliphatic carbocycles. The Morgan fingerprint density at radius 2 is 2.12 bits per heavy atom. The van der Waals surface area contributed by atoms with Gasteiger partial charge in [0.05, 0.1) is 0 Å². The molecule has 1 unspecified atom stereocenters. The average Bonchev–Trinajstić information content (AvgIpc) is 2.16. The molecule has 0 aromatic heterocycles. The molecule has 86 valence electrons. The van der Waals surface area contributed by atoms with Crippen molar-refractivity contribution in [2.75, 3.05) is 5.73 Å². The van der Waals surface area contributed by atoms with Crippen molar-refractivity contribution in [1.82, 2.24) is 5.32 Å². The third-order valence-corrected chi connectivity index (χ3v) is 1.79. The highest BCUT2D eigenvalue weighted by Gasteiger charge is 2.15. The predicted molar refractivity (Wildman–Crippen MR) is 58.7 cm³/mol. The maximum Gasteiger partial charge on any atom is 0.318 e. The number of nitrogens with two attached hydrogens (primary N) is 2. The van der Waals surface area contributed by atoms with Crippen LogP contribution >= 0.6 is 0 Å². The normalized spacial score (nSPS) is 11.6. The smallest absolute Gasteiger partial charge is 0.318 e. The van der Waals surface area contributed by atoms with Crippen LogP contribution in [0.3, 0.4) is 0 Å². The number of urea groups is 1. The number of nitrogens with one attached hydrogen (secondary N) is 1. The largest absolute Gasteiger partial charge is 0.481 e. The van der Waals surface area contributed by atoms with Crippen molar-refractivity contribution in [3.63, 3.8) is 0 Å². The van der Waals surface area contributed by atoms with Crippen molar-refractivity contribution in [2.45, 2.75) is 13.0 Å². The van der Waals surface area contributed by atoms with Crippen molar-refractivity contribution >= 4 is 17.6 Å². The van der Waals surface area contributed by atoms with Gasteiger partial charge in [-0.05, 0) is 19.1 Å². The summed E-state index contributed by atoms with van der Waals surface area (Å²) in [7, 11) is 0. The second-order valence-electron chi connectivity index (χ2n) is 3.19. The van der Waals surface area contributed by atoms with Gasteiger partial charge < -0.3 is 16.2 Å². The maximum atomic E-state index is 11.3. The van der Waals surface area contributed by atoms with Crippen LogP contribution in [0.25, 0.3) is 0 Å². The van der Waals surface area contributed by atoms with Crippen LogP contribution in [0.15, 0.2) is 24.3 Å². The van der Waals surface area contributed by atoms with E-state index in [1.807, 2.05) is 5.32 Å². The molecule has 16 heavy (non-hydrogen) atoms. The van der Waals surface area contributed by atoms with Crippen molar-refractivity contribution < 1.29 is 14.3 Å². The quantitative estimate of drug-likeness (QED) is 0.637. The predicted octanol–water partition coefficient (Wildman–Crippen LogP) is 0.231. The lowest BCUT2D eigenvalue weighted by atomic mass is 10.3. The number of anilines is 1. The van der Waals surface area contributed by atoms with Crippen LogP contribution in [0.1, 0.15) is 6.92 Å². The molecule has 3 amide bonds. The zero-order valence-electron chi connectivity index (χ0n) is 8.77. The standard InChI is InChI=1S/C10H13N3O3/c1-6(9(14)13-10(12)15)16-8-4-2-3-7(11)5-8/h2-6H,11H2,1H3,(H3,12,13,14,15). The minimum atomic E-state index is -0.909. The van der Waals surface area contributed by atoms with E-state index in [1.54, 1.807) is 24.3 Å². The van der Waals surface area contributed by atoms with Crippen molar-refractivity contribution in [2.24, 2.45) is 5.73 Å². The van der Waals surface area contributed by atoms with Crippen LogP contribution in [-0.2, 0) is 4.79 Å². The molecule has 1 rings (SSSR count). The molecule has 0 radical (unpaired) electrons. The summed E-state index contributed by atoms with van der Waals surface area (Å²) in [6.07, 6.45) is -0.825. The van der Waals surface area contributed by atoms with Gasteiger partial charge in [0.1, 0.15) is 5.75 Å². The third kappa shape index (κ3) is 3.49. The highest BCUT2D eigenvalue weighted by Crippen LogP contribution is 2.15. The molecule has 0 spiro atoms. The molecule has 1 atom stereocenters. The summed E-state index contributed by atoms with van der Waals surface area (Å²) in [6.45, 7) is 1.50. The van der Waals surface area contributed by atoms with E-state index in [9.17, 15) is 9.59 Å². The number of amides is 3. The van der Waals surface area contributed by atoms with Crippen molar-refractivity contribution in [3.8, 4) is 5.75 Å². The van der Waals surface area contributed by atoms with E-state index < -0.39 is 18.0 Å². The van der Waals surface area contributed by atoms with Gasteiger partial charge >= 0.3 is 6.03 Å². The Morgan fingerprint density at radius 1 is 1.44 bits per heavy atom. The van der Waals surface area contributed by atoms with E-state index >= 15 is 0 Å². The first kappa shape index (κ1) is 11.8. The first-order chi connectivity index (χ1) is 7.49. The van der Waals surface area contributed by atoms with Gasteiger partial charge in [-0.1, -0.05) is 6.07 Å². The Morgan fingerprint density at radius 3 is 2.69 bits per heavy atom. The molecule has 0 aliphatic heterocycles. The third-order valence-electron chi connectivity index (χ3n) is 1.79. The van der Waals surface area contributed by atoms with E-state index in [-0.39, 0.29) is 0 Å². The summed E-state index contributed by atoms with van der Waals surface area (Å²) in [4.78, 5) is 21.7. The zero-order chi connectivity index (χ0) is 12.1. The number of hydrogen-bond acceptors (Lipinski definition) is 4. The molecule has 0 saturated carbocycles. The van der Waals surface area contributed by atoms with E-state index in [0.717, 1.165) is 0 Å². The van der Waals surface area contributed by atoms with Crippen molar-refractivity contribution in [3.05, 3.63) is 24.3 Å². The van der Waals surface area contributed by atoms with Crippen LogP contribution < -0.4 is 21.5 Å². The topological polar surface area (TPSA) is 107 Å². The van der Waals surface area contributed by atoms with Crippen molar-refractivity contribution in [1.29, 1.82) is 0 Å².